The van der Waals surface area contributed by atoms with Crippen LogP contribution in [0.3, 0.4) is 0 Å². The van der Waals surface area contributed by atoms with E-state index in [4.69, 9.17) is 5.73 Å². The highest BCUT2D eigenvalue weighted by molar-refractivity contribution is 7.99. The summed E-state index contributed by atoms with van der Waals surface area (Å²) in [6, 6.07) is 17.7. The zero-order chi connectivity index (χ0) is 14.7. The van der Waals surface area contributed by atoms with Gasteiger partial charge in [-0.25, -0.2) is 0 Å². The van der Waals surface area contributed by atoms with Crippen molar-refractivity contribution in [3.8, 4) is 11.3 Å². The fourth-order valence-corrected chi connectivity index (χ4v) is 2.93. The van der Waals surface area contributed by atoms with Crippen LogP contribution in [0.15, 0.2) is 64.4 Å². The molecule has 0 bridgehead atoms. The molecule has 1 heterocycles. The second-order valence-electron chi connectivity index (χ2n) is 4.30. The number of primary amides is 1. The third-order valence-corrected chi connectivity index (χ3v) is 3.98. The fourth-order valence-electron chi connectivity index (χ4n) is 1.96. The monoisotopic (exact) mass is 296 g/mol. The third-order valence-electron chi connectivity index (χ3n) is 2.89. The van der Waals surface area contributed by atoms with Gasteiger partial charge in [0.1, 0.15) is 5.69 Å². The molecular formula is C15H12N4OS. The molecule has 3 rings (SSSR count). The molecule has 0 fully saturated rings. The number of nitrogens with zero attached hydrogens (tertiary/aromatic N) is 2. The second kappa shape index (κ2) is 5.80. The predicted molar refractivity (Wildman–Crippen MR) is 80.9 cm³/mol. The van der Waals surface area contributed by atoms with Crippen LogP contribution in [0.2, 0.25) is 0 Å². The molecule has 21 heavy (non-hydrogen) atoms. The number of hydrogen-bond donors (Lipinski definition) is 2. The van der Waals surface area contributed by atoms with Crippen molar-refractivity contribution in [1.82, 2.24) is 15.4 Å². The summed E-state index contributed by atoms with van der Waals surface area (Å²) < 4.78 is 0. The lowest BCUT2D eigenvalue weighted by atomic mass is 10.1. The second-order valence-corrected chi connectivity index (χ2v) is 5.41. The van der Waals surface area contributed by atoms with Crippen LogP contribution in [0.25, 0.3) is 11.3 Å². The Balaban J connectivity index is 2.04. The molecule has 1 aromatic heterocycles. The van der Waals surface area contributed by atoms with Gasteiger partial charge in [-0.05, 0) is 18.2 Å². The van der Waals surface area contributed by atoms with E-state index in [1.54, 1.807) is 11.8 Å². The van der Waals surface area contributed by atoms with Crippen LogP contribution in [-0.2, 0) is 0 Å². The number of nitrogens with one attached hydrogen (secondary N) is 1. The average molecular weight is 296 g/mol. The van der Waals surface area contributed by atoms with Gasteiger partial charge in [0, 0.05) is 15.4 Å². The number of benzene rings is 2. The summed E-state index contributed by atoms with van der Waals surface area (Å²) >= 11 is 1.60. The minimum Gasteiger partial charge on any atom is -0.364 e. The summed E-state index contributed by atoms with van der Waals surface area (Å²) in [6.45, 7) is 0. The Hall–Kier alpha value is -2.60. The van der Waals surface area contributed by atoms with Crippen LogP contribution < -0.4 is 5.73 Å². The van der Waals surface area contributed by atoms with Crippen LogP contribution in [0.5, 0.6) is 0 Å². The van der Waals surface area contributed by atoms with Gasteiger partial charge < -0.3 is 5.73 Å². The molecule has 3 aromatic rings. The number of hydrogen-bond acceptors (Lipinski definition) is 4. The topological polar surface area (TPSA) is 84.7 Å². The summed E-state index contributed by atoms with van der Waals surface area (Å²) in [7, 11) is 0. The minimum atomic E-state index is -0.599. The summed E-state index contributed by atoms with van der Waals surface area (Å²) in [4.78, 5) is 13.5. The van der Waals surface area contributed by atoms with Gasteiger partial charge in [0.15, 0.2) is 5.69 Å². The van der Waals surface area contributed by atoms with Gasteiger partial charge in [-0.2, -0.15) is 15.4 Å². The largest absolute Gasteiger partial charge is 0.364 e. The van der Waals surface area contributed by atoms with E-state index in [0.717, 1.165) is 15.4 Å². The Bertz CT molecular complexity index is 770. The molecule has 104 valence electrons. The first kappa shape index (κ1) is 13.4. The molecule has 5 nitrogen and oxygen atoms in total. The molecule has 2 aromatic carbocycles. The van der Waals surface area contributed by atoms with E-state index < -0.39 is 5.91 Å². The van der Waals surface area contributed by atoms with Gasteiger partial charge in [0.2, 0.25) is 0 Å². The SMILES string of the molecule is NC(=O)c1n[nH]nc1-c1ccccc1Sc1ccccc1. The van der Waals surface area contributed by atoms with Crippen molar-refractivity contribution in [2.45, 2.75) is 9.79 Å². The molecule has 0 aliphatic carbocycles. The first-order chi connectivity index (χ1) is 10.3. The average Bonchev–Trinajstić information content (AvgIpc) is 2.98. The minimum absolute atomic E-state index is 0.149. The van der Waals surface area contributed by atoms with E-state index >= 15 is 0 Å². The molecule has 0 saturated heterocycles. The van der Waals surface area contributed by atoms with Crippen molar-refractivity contribution >= 4 is 17.7 Å². The maximum Gasteiger partial charge on any atom is 0.271 e. The van der Waals surface area contributed by atoms with E-state index in [1.807, 2.05) is 54.6 Å². The van der Waals surface area contributed by atoms with Crippen LogP contribution in [0.1, 0.15) is 10.5 Å². The number of aromatic nitrogens is 3. The quantitative estimate of drug-likeness (QED) is 0.775. The smallest absolute Gasteiger partial charge is 0.271 e. The van der Waals surface area contributed by atoms with Crippen molar-refractivity contribution in [2.75, 3.05) is 0 Å². The van der Waals surface area contributed by atoms with Crippen molar-refractivity contribution in [2.24, 2.45) is 5.73 Å². The summed E-state index contributed by atoms with van der Waals surface area (Å²) in [5, 5.41) is 10.3. The summed E-state index contributed by atoms with van der Waals surface area (Å²) in [5.41, 5.74) is 6.78. The molecule has 0 atom stereocenters. The van der Waals surface area contributed by atoms with Gasteiger partial charge in [-0.1, -0.05) is 48.2 Å². The number of nitrogens with two attached hydrogens (primary N) is 1. The number of carbonyl (C=O) groups excluding carboxylic acids is 1. The molecule has 0 radical (unpaired) electrons. The van der Waals surface area contributed by atoms with Crippen LogP contribution >= 0.6 is 11.8 Å². The zero-order valence-electron chi connectivity index (χ0n) is 11.0. The molecule has 0 saturated carbocycles. The first-order valence-electron chi connectivity index (χ1n) is 6.28. The van der Waals surface area contributed by atoms with Crippen LogP contribution in [-0.4, -0.2) is 21.3 Å². The van der Waals surface area contributed by atoms with E-state index in [-0.39, 0.29) is 5.69 Å². The lowest BCUT2D eigenvalue weighted by Gasteiger charge is -2.07. The standard InChI is InChI=1S/C15H12N4OS/c16-15(20)14-13(17-19-18-14)11-8-4-5-9-12(11)21-10-6-2-1-3-7-10/h1-9H,(H2,16,20)(H,17,18,19). The normalized spacial score (nSPS) is 10.5. The number of aromatic amines is 1. The molecule has 6 heteroatoms. The molecule has 0 aliphatic heterocycles. The van der Waals surface area contributed by atoms with Crippen molar-refractivity contribution in [3.63, 3.8) is 0 Å². The Morgan fingerprint density at radius 2 is 1.71 bits per heavy atom. The van der Waals surface area contributed by atoms with E-state index in [1.165, 1.54) is 0 Å². The number of rotatable bonds is 4. The molecular weight excluding hydrogens is 284 g/mol. The molecule has 0 spiro atoms. The molecule has 1 amide bonds. The van der Waals surface area contributed by atoms with Crippen molar-refractivity contribution in [3.05, 3.63) is 60.3 Å². The number of H-pyrrole nitrogens is 1. The fraction of sp³-hybridized carbons (Fsp3) is 0. The van der Waals surface area contributed by atoms with E-state index in [2.05, 4.69) is 15.4 Å². The van der Waals surface area contributed by atoms with Crippen LogP contribution in [0, 0.1) is 0 Å². The highest BCUT2D eigenvalue weighted by Gasteiger charge is 2.18. The number of amides is 1. The Labute approximate surface area is 125 Å². The third kappa shape index (κ3) is 2.80. The highest BCUT2D eigenvalue weighted by atomic mass is 32.2. The van der Waals surface area contributed by atoms with Gasteiger partial charge in [0.25, 0.3) is 5.91 Å². The van der Waals surface area contributed by atoms with Crippen molar-refractivity contribution < 1.29 is 4.79 Å². The lowest BCUT2D eigenvalue weighted by molar-refractivity contribution is 0.0996. The van der Waals surface area contributed by atoms with Gasteiger partial charge in [-0.15, -0.1) is 0 Å². The number of carbonyl (C=O) groups is 1. The van der Waals surface area contributed by atoms with Crippen molar-refractivity contribution in [1.29, 1.82) is 0 Å². The summed E-state index contributed by atoms with van der Waals surface area (Å²) in [5.74, 6) is -0.599. The maximum atomic E-state index is 11.4. The van der Waals surface area contributed by atoms with Gasteiger partial charge in [0.05, 0.1) is 0 Å². The molecule has 0 unspecified atom stereocenters. The maximum absolute atomic E-state index is 11.4. The van der Waals surface area contributed by atoms with E-state index in [0.29, 0.717) is 5.69 Å². The van der Waals surface area contributed by atoms with Gasteiger partial charge >= 0.3 is 0 Å². The Morgan fingerprint density at radius 3 is 2.48 bits per heavy atom. The highest BCUT2D eigenvalue weighted by Crippen LogP contribution is 2.35. The molecule has 0 aliphatic rings. The Morgan fingerprint density at radius 1 is 1.00 bits per heavy atom. The predicted octanol–water partition coefficient (Wildman–Crippen LogP) is 2.72. The summed E-state index contributed by atoms with van der Waals surface area (Å²) in [6.07, 6.45) is 0. The Kier molecular flexibility index (Phi) is 3.70. The van der Waals surface area contributed by atoms with Crippen LogP contribution in [0.4, 0.5) is 0 Å². The van der Waals surface area contributed by atoms with E-state index in [9.17, 15) is 4.79 Å². The first-order valence-corrected chi connectivity index (χ1v) is 7.10. The lowest BCUT2D eigenvalue weighted by Crippen LogP contribution is -2.12. The van der Waals surface area contributed by atoms with Gasteiger partial charge in [-0.3, -0.25) is 4.79 Å². The molecule has 3 N–H and O–H groups in total. The zero-order valence-corrected chi connectivity index (χ0v) is 11.8.